The molecule has 0 heterocycles. The Hall–Kier alpha value is -1.84. The summed E-state index contributed by atoms with van der Waals surface area (Å²) in [5, 5.41) is 2.79. The fourth-order valence-electron chi connectivity index (χ4n) is 4.59. The first-order valence-corrected chi connectivity index (χ1v) is 11.2. The highest BCUT2D eigenvalue weighted by atomic mass is 16.5. The van der Waals surface area contributed by atoms with Crippen molar-refractivity contribution in [2.75, 3.05) is 7.11 Å². The lowest BCUT2D eigenvalue weighted by atomic mass is 9.62. The van der Waals surface area contributed by atoms with Crippen LogP contribution in [0.4, 0.5) is 0 Å². The molecule has 0 saturated carbocycles. The van der Waals surface area contributed by atoms with Gasteiger partial charge in [0.25, 0.3) is 0 Å². The molecule has 29 heavy (non-hydrogen) atoms. The quantitative estimate of drug-likeness (QED) is 0.452. The molecule has 0 bridgehead atoms. The van der Waals surface area contributed by atoms with Crippen molar-refractivity contribution in [2.24, 2.45) is 5.92 Å². The van der Waals surface area contributed by atoms with E-state index in [2.05, 4.69) is 51.2 Å². The Bertz CT molecular complexity index is 712. The summed E-state index contributed by atoms with van der Waals surface area (Å²) in [5.74, 6) is 0.756. The number of nitrogens with one attached hydrogen (secondary N) is 1. The molecule has 0 spiro atoms. The number of hydrogen-bond acceptors (Lipinski definition) is 3. The highest BCUT2D eigenvalue weighted by Gasteiger charge is 2.37. The van der Waals surface area contributed by atoms with E-state index >= 15 is 0 Å². The molecule has 0 aromatic heterocycles. The van der Waals surface area contributed by atoms with E-state index in [0.29, 0.717) is 24.7 Å². The number of ether oxygens (including phenoxy) is 1. The van der Waals surface area contributed by atoms with Gasteiger partial charge in [0.15, 0.2) is 0 Å². The third-order valence-corrected chi connectivity index (χ3v) is 6.92. The third-order valence-electron chi connectivity index (χ3n) is 6.92. The molecule has 0 saturated heterocycles. The lowest BCUT2D eigenvalue weighted by Gasteiger charge is -2.42. The zero-order chi connectivity index (χ0) is 21.6. The largest absolute Gasteiger partial charge is 0.467 e. The standard InChI is InChI=1S/C25H39NO3/c1-7-22(24(28)29-6)26-23(27)10-8-9-15-25(5)18(4)11-12-20-16-19(17(2)3)13-14-21(20)25/h13-14,16-18,22H,7-12,15H2,1-6H3,(H,26,27)/t18-,22+,25+/m1/s1. The summed E-state index contributed by atoms with van der Waals surface area (Å²) < 4.78 is 4.74. The van der Waals surface area contributed by atoms with Crippen molar-refractivity contribution in [1.29, 1.82) is 0 Å². The fourth-order valence-corrected chi connectivity index (χ4v) is 4.59. The summed E-state index contributed by atoms with van der Waals surface area (Å²) in [5.41, 5.74) is 4.60. The highest BCUT2D eigenvalue weighted by molar-refractivity contribution is 5.84. The van der Waals surface area contributed by atoms with Gasteiger partial charge in [-0.25, -0.2) is 4.79 Å². The van der Waals surface area contributed by atoms with Crippen LogP contribution in [0.5, 0.6) is 0 Å². The number of carbonyl (C=O) groups excluding carboxylic acids is 2. The normalized spacial score (nSPS) is 22.1. The molecule has 0 radical (unpaired) electrons. The molecule has 1 aliphatic carbocycles. The van der Waals surface area contributed by atoms with Crippen LogP contribution in [-0.2, 0) is 26.2 Å². The van der Waals surface area contributed by atoms with Gasteiger partial charge in [0.05, 0.1) is 7.11 Å². The molecule has 2 rings (SSSR count). The lowest BCUT2D eigenvalue weighted by Crippen LogP contribution is -2.41. The second kappa shape index (κ2) is 10.3. The number of fused-ring (bicyclic) bond motifs is 1. The Morgan fingerprint density at radius 1 is 1.28 bits per heavy atom. The molecule has 1 aromatic carbocycles. The molecule has 1 aromatic rings. The molecule has 4 nitrogen and oxygen atoms in total. The molecule has 0 fully saturated rings. The first kappa shape index (κ1) is 23.4. The molecule has 3 atom stereocenters. The van der Waals surface area contributed by atoms with Gasteiger partial charge in [-0.3, -0.25) is 4.79 Å². The molecule has 0 unspecified atom stereocenters. The number of esters is 1. The van der Waals surface area contributed by atoms with E-state index in [1.54, 1.807) is 0 Å². The van der Waals surface area contributed by atoms with Gasteiger partial charge in [-0.05, 0) is 66.0 Å². The average molecular weight is 402 g/mol. The van der Waals surface area contributed by atoms with Gasteiger partial charge in [-0.15, -0.1) is 0 Å². The van der Waals surface area contributed by atoms with Crippen LogP contribution in [0.2, 0.25) is 0 Å². The Kier molecular flexibility index (Phi) is 8.30. The van der Waals surface area contributed by atoms with Crippen LogP contribution < -0.4 is 5.32 Å². The topological polar surface area (TPSA) is 55.4 Å². The number of benzene rings is 1. The van der Waals surface area contributed by atoms with Crippen molar-refractivity contribution in [3.8, 4) is 0 Å². The average Bonchev–Trinajstić information content (AvgIpc) is 2.71. The van der Waals surface area contributed by atoms with Crippen molar-refractivity contribution in [1.82, 2.24) is 5.32 Å². The van der Waals surface area contributed by atoms with Crippen LogP contribution in [0, 0.1) is 5.92 Å². The number of aryl methyl sites for hydroxylation is 1. The fraction of sp³-hybridized carbons (Fsp3) is 0.680. The minimum Gasteiger partial charge on any atom is -0.467 e. The summed E-state index contributed by atoms with van der Waals surface area (Å²) in [6.07, 6.45) is 6.33. The summed E-state index contributed by atoms with van der Waals surface area (Å²) in [4.78, 5) is 23.8. The third kappa shape index (κ3) is 5.61. The van der Waals surface area contributed by atoms with Gasteiger partial charge in [-0.2, -0.15) is 0 Å². The zero-order valence-electron chi connectivity index (χ0n) is 19.1. The van der Waals surface area contributed by atoms with E-state index in [9.17, 15) is 9.59 Å². The number of rotatable bonds is 9. The summed E-state index contributed by atoms with van der Waals surface area (Å²) in [6.45, 7) is 11.1. The molecular weight excluding hydrogens is 362 g/mol. The van der Waals surface area contributed by atoms with E-state index in [1.807, 2.05) is 6.92 Å². The number of amides is 1. The molecule has 1 aliphatic rings. The number of methoxy groups -OCH3 is 1. The Balaban J connectivity index is 1.95. The van der Waals surface area contributed by atoms with Gasteiger partial charge >= 0.3 is 5.97 Å². The van der Waals surface area contributed by atoms with Gasteiger partial charge in [0.2, 0.25) is 5.91 Å². The van der Waals surface area contributed by atoms with Crippen LogP contribution >= 0.6 is 0 Å². The van der Waals surface area contributed by atoms with E-state index in [-0.39, 0.29) is 17.3 Å². The summed E-state index contributed by atoms with van der Waals surface area (Å²) >= 11 is 0. The second-order valence-electron chi connectivity index (χ2n) is 9.19. The number of hydrogen-bond donors (Lipinski definition) is 1. The van der Waals surface area contributed by atoms with Crippen LogP contribution in [0.15, 0.2) is 18.2 Å². The van der Waals surface area contributed by atoms with E-state index in [1.165, 1.54) is 36.6 Å². The minimum atomic E-state index is -0.537. The summed E-state index contributed by atoms with van der Waals surface area (Å²) in [6, 6.07) is 6.53. The molecule has 4 heteroatoms. The second-order valence-corrected chi connectivity index (χ2v) is 9.19. The highest BCUT2D eigenvalue weighted by Crippen LogP contribution is 2.45. The lowest BCUT2D eigenvalue weighted by molar-refractivity contribution is -0.145. The van der Waals surface area contributed by atoms with Crippen molar-refractivity contribution < 1.29 is 14.3 Å². The first-order chi connectivity index (χ1) is 13.7. The molecule has 1 N–H and O–H groups in total. The summed E-state index contributed by atoms with van der Waals surface area (Å²) in [7, 11) is 1.35. The van der Waals surface area contributed by atoms with Crippen LogP contribution in [0.1, 0.15) is 95.8 Å². The molecule has 162 valence electrons. The van der Waals surface area contributed by atoms with Gasteiger partial charge < -0.3 is 10.1 Å². The number of unbranched alkanes of at least 4 members (excludes halogenated alkanes) is 1. The monoisotopic (exact) mass is 401 g/mol. The zero-order valence-corrected chi connectivity index (χ0v) is 19.1. The molecule has 1 amide bonds. The van der Waals surface area contributed by atoms with Crippen molar-refractivity contribution in [3.05, 3.63) is 34.9 Å². The maximum Gasteiger partial charge on any atom is 0.328 e. The number of carbonyl (C=O) groups is 2. The van der Waals surface area contributed by atoms with Gasteiger partial charge in [-0.1, -0.05) is 59.2 Å². The Morgan fingerprint density at radius 2 is 2.00 bits per heavy atom. The minimum absolute atomic E-state index is 0.0638. The van der Waals surface area contributed by atoms with Gasteiger partial charge in [0, 0.05) is 6.42 Å². The van der Waals surface area contributed by atoms with Crippen molar-refractivity contribution >= 4 is 11.9 Å². The maximum atomic E-state index is 12.2. The maximum absolute atomic E-state index is 12.2. The van der Waals surface area contributed by atoms with E-state index < -0.39 is 6.04 Å². The Morgan fingerprint density at radius 3 is 2.62 bits per heavy atom. The van der Waals surface area contributed by atoms with E-state index in [4.69, 9.17) is 4.74 Å². The van der Waals surface area contributed by atoms with Crippen LogP contribution in [-0.4, -0.2) is 25.0 Å². The Labute approximate surface area is 176 Å². The van der Waals surface area contributed by atoms with E-state index in [0.717, 1.165) is 19.3 Å². The van der Waals surface area contributed by atoms with Crippen LogP contribution in [0.25, 0.3) is 0 Å². The molecule has 0 aliphatic heterocycles. The molecular formula is C25H39NO3. The predicted molar refractivity (Wildman–Crippen MR) is 118 cm³/mol. The predicted octanol–water partition coefficient (Wildman–Crippen LogP) is 5.28. The first-order valence-electron chi connectivity index (χ1n) is 11.2. The van der Waals surface area contributed by atoms with Gasteiger partial charge in [0.1, 0.15) is 6.04 Å². The van der Waals surface area contributed by atoms with Crippen LogP contribution in [0.3, 0.4) is 0 Å². The van der Waals surface area contributed by atoms with Crippen molar-refractivity contribution in [2.45, 2.75) is 96.9 Å². The SMILES string of the molecule is CC[C@H](NC(=O)CCCC[C@]1(C)c2ccc(C(C)C)cc2CC[C@H]1C)C(=O)OC. The van der Waals surface area contributed by atoms with Crippen molar-refractivity contribution in [3.63, 3.8) is 0 Å². The smallest absolute Gasteiger partial charge is 0.328 e.